The second-order valence-electron chi connectivity index (χ2n) is 26.1. The van der Waals surface area contributed by atoms with Gasteiger partial charge in [0, 0.05) is 85.1 Å². The second-order valence-corrected chi connectivity index (χ2v) is 26.1. The molecule has 0 amide bonds. The first-order chi connectivity index (χ1) is 44.8. The van der Waals surface area contributed by atoms with Crippen LogP contribution in [0.1, 0.15) is 163 Å². The van der Waals surface area contributed by atoms with Crippen LogP contribution in [0.4, 0.5) is 0 Å². The first-order valence-electron chi connectivity index (χ1n) is 34.7. The minimum Gasteiger partial charge on any atom is -0.340 e. The molecule has 0 aliphatic rings. The van der Waals surface area contributed by atoms with Crippen LogP contribution >= 0.6 is 0 Å². The summed E-state index contributed by atoms with van der Waals surface area (Å²) >= 11 is 0. The molecule has 0 saturated heterocycles. The molecule has 3 heteroatoms. The van der Waals surface area contributed by atoms with Crippen LogP contribution in [0.25, 0.3) is 136 Å². The lowest BCUT2D eigenvalue weighted by Crippen LogP contribution is -2.10. The first-order valence-corrected chi connectivity index (χ1v) is 34.7. The van der Waals surface area contributed by atoms with Crippen molar-refractivity contribution < 1.29 is 0 Å². The number of hydrogen-bond donors (Lipinski definition) is 0. The maximum Gasteiger partial charge on any atom is 0.0491 e. The van der Waals surface area contributed by atoms with Crippen molar-refractivity contribution in [2.24, 2.45) is 17.8 Å². The first kappa shape index (κ1) is 61.0. The smallest absolute Gasteiger partial charge is 0.0491 e. The fourth-order valence-corrected chi connectivity index (χ4v) is 14.8. The van der Waals surface area contributed by atoms with Gasteiger partial charge >= 0.3 is 0 Å². The van der Waals surface area contributed by atoms with Crippen LogP contribution in [-0.2, 0) is 19.6 Å². The number of nitrogens with zero attached hydrogens (tertiary/aromatic N) is 3. The maximum absolute atomic E-state index is 2.62. The Hall–Kier alpha value is -8.92. The molecule has 0 bridgehead atoms. The van der Waals surface area contributed by atoms with Gasteiger partial charge in [-0.15, -0.1) is 0 Å². The van der Waals surface area contributed by atoms with Crippen molar-refractivity contribution in [2.75, 3.05) is 0 Å². The number of unbranched alkanes of at least 4 members (excludes halogenated alkanes) is 3. The highest BCUT2D eigenvalue weighted by molar-refractivity contribution is 6.12. The van der Waals surface area contributed by atoms with Crippen LogP contribution in [-0.4, -0.2) is 13.7 Å². The average Bonchev–Trinajstić information content (AvgIpc) is 1.80. The van der Waals surface area contributed by atoms with Crippen molar-refractivity contribution in [1.29, 1.82) is 0 Å². The molecule has 3 nitrogen and oxygen atoms in total. The van der Waals surface area contributed by atoms with Gasteiger partial charge in [0.2, 0.25) is 0 Å². The zero-order chi connectivity index (χ0) is 62.2. The third-order valence-corrected chi connectivity index (χ3v) is 20.3. The third-order valence-electron chi connectivity index (χ3n) is 20.3. The van der Waals surface area contributed by atoms with Gasteiger partial charge in [-0.1, -0.05) is 281 Å². The Morgan fingerprint density at radius 3 is 0.758 bits per heavy atom. The molecule has 0 N–H and O–H groups in total. The van der Waals surface area contributed by atoms with E-state index in [1.54, 1.807) is 0 Å². The number of aromatic nitrogens is 3. The molecule has 3 atom stereocenters. The Morgan fingerprint density at radius 2 is 0.495 bits per heavy atom. The molecule has 0 spiro atoms. The summed E-state index contributed by atoms with van der Waals surface area (Å²) in [7, 11) is 0. The van der Waals surface area contributed by atoms with Gasteiger partial charge in [-0.05, 0) is 164 Å². The minimum absolute atomic E-state index is 0.626. The lowest BCUT2D eigenvalue weighted by Gasteiger charge is -2.17. The standard InChI is InChI=1S/C88H91N3/c1-7-13-24-62(10-4)59-89-83-33-22-20-31-77(83)79-55-65(39-51-85(79)89)35-43-69-47-49-71(75-29-18-16-27-73(69)75)45-37-67-41-53-87-81(57-67)82-58-68(42-54-88(82)91(87)61-64(12-6)26-15-9-3)38-46-72-50-48-70(74-28-17-19-30-76(72)74)44-36-66-40-52-86-80(56-66)78-32-21-23-34-84(78)90(86)60-63(11-5)25-14-8-2/h16-23,27-58,62-64H,7-15,24-26,59-61H2,1-6H3/b43-35+,44-36+,45-37+,46-38+. The van der Waals surface area contributed by atoms with Gasteiger partial charge in [-0.3, -0.25) is 0 Å². The summed E-state index contributed by atoms with van der Waals surface area (Å²) in [6, 6.07) is 73.4. The SMILES string of the molecule is CCCCC(CC)Cn1c2ccccc2c2cc(/C=C/c3ccc(/C=C/c4ccc5c(c4)c4cc(/C=C/c6ccc(/C=C/c7ccc8c(c7)c7ccccc7n8CC(CC)CCCC)c7ccccc67)ccc4n5CC(CC)CCCC)c4ccccc34)ccc21. The molecule has 3 heterocycles. The van der Waals surface area contributed by atoms with E-state index in [-0.39, 0.29) is 0 Å². The summed E-state index contributed by atoms with van der Waals surface area (Å²) in [5, 5.41) is 13.0. The van der Waals surface area contributed by atoms with Crippen LogP contribution in [0.15, 0.2) is 194 Å². The predicted octanol–water partition coefficient (Wildman–Crippen LogP) is 25.6. The molecule has 91 heavy (non-hydrogen) atoms. The Balaban J connectivity index is 0.780. The summed E-state index contributed by atoms with van der Waals surface area (Å²) in [5.74, 6) is 2.00. The van der Waals surface area contributed by atoms with E-state index in [4.69, 9.17) is 0 Å². The molecule has 13 aromatic rings. The number of rotatable bonds is 26. The van der Waals surface area contributed by atoms with Gasteiger partial charge in [-0.2, -0.15) is 0 Å². The van der Waals surface area contributed by atoms with E-state index in [0.717, 1.165) is 19.6 Å². The predicted molar refractivity (Wildman–Crippen MR) is 402 cm³/mol. The third kappa shape index (κ3) is 12.8. The molecule has 0 aliphatic heterocycles. The van der Waals surface area contributed by atoms with E-state index in [2.05, 4.69) is 298 Å². The molecule has 10 aromatic carbocycles. The minimum atomic E-state index is 0.626. The average molecular weight is 1190 g/mol. The van der Waals surface area contributed by atoms with Gasteiger partial charge in [-0.25, -0.2) is 0 Å². The topological polar surface area (TPSA) is 14.8 Å². The highest BCUT2D eigenvalue weighted by Gasteiger charge is 2.19. The maximum atomic E-state index is 2.62. The Bertz CT molecular complexity index is 4550. The van der Waals surface area contributed by atoms with Crippen molar-refractivity contribution in [3.8, 4) is 0 Å². The Labute approximate surface area is 540 Å². The van der Waals surface area contributed by atoms with Crippen molar-refractivity contribution in [3.63, 3.8) is 0 Å². The number of fused-ring (bicyclic) bond motifs is 11. The molecule has 0 aliphatic carbocycles. The molecular weight excluding hydrogens is 1100 g/mol. The van der Waals surface area contributed by atoms with Crippen LogP contribution in [0.3, 0.4) is 0 Å². The molecule has 13 rings (SSSR count). The summed E-state index contributed by atoms with van der Waals surface area (Å²) in [4.78, 5) is 0. The monoisotopic (exact) mass is 1190 g/mol. The van der Waals surface area contributed by atoms with Crippen molar-refractivity contribution >= 4 is 136 Å². The summed E-state index contributed by atoms with van der Waals surface area (Å²) in [6.45, 7) is 17.2. The fraction of sp³-hybridized carbons (Fsp3) is 0.273. The van der Waals surface area contributed by atoms with Crippen molar-refractivity contribution in [2.45, 2.75) is 138 Å². The fourth-order valence-electron chi connectivity index (χ4n) is 14.8. The number of para-hydroxylation sites is 2. The van der Waals surface area contributed by atoms with Gasteiger partial charge in [0.05, 0.1) is 0 Å². The summed E-state index contributed by atoms with van der Waals surface area (Å²) < 4.78 is 7.79. The van der Waals surface area contributed by atoms with Gasteiger partial charge in [0.1, 0.15) is 0 Å². The van der Waals surface area contributed by atoms with E-state index in [1.165, 1.54) is 209 Å². The van der Waals surface area contributed by atoms with E-state index in [9.17, 15) is 0 Å². The van der Waals surface area contributed by atoms with E-state index in [0.29, 0.717) is 17.8 Å². The Kier molecular flexibility index (Phi) is 18.8. The molecule has 3 unspecified atom stereocenters. The number of benzene rings is 10. The van der Waals surface area contributed by atoms with E-state index >= 15 is 0 Å². The van der Waals surface area contributed by atoms with E-state index in [1.807, 2.05) is 0 Å². The molecule has 0 fully saturated rings. The van der Waals surface area contributed by atoms with Crippen LogP contribution in [0.2, 0.25) is 0 Å². The molecule has 0 saturated carbocycles. The highest BCUT2D eigenvalue weighted by Crippen LogP contribution is 2.38. The van der Waals surface area contributed by atoms with Crippen molar-refractivity contribution in [1.82, 2.24) is 13.7 Å². The van der Waals surface area contributed by atoms with Gasteiger partial charge in [0.15, 0.2) is 0 Å². The second kappa shape index (κ2) is 28.1. The Morgan fingerprint density at radius 1 is 0.253 bits per heavy atom. The number of hydrogen-bond acceptors (Lipinski definition) is 0. The zero-order valence-corrected chi connectivity index (χ0v) is 54.8. The van der Waals surface area contributed by atoms with E-state index < -0.39 is 0 Å². The summed E-state index contributed by atoms with van der Waals surface area (Å²) in [6.07, 6.45) is 33.5. The van der Waals surface area contributed by atoms with Gasteiger partial charge in [0.25, 0.3) is 0 Å². The lowest BCUT2D eigenvalue weighted by molar-refractivity contribution is 0.401. The van der Waals surface area contributed by atoms with Gasteiger partial charge < -0.3 is 13.7 Å². The largest absolute Gasteiger partial charge is 0.340 e. The van der Waals surface area contributed by atoms with Crippen LogP contribution in [0.5, 0.6) is 0 Å². The summed E-state index contributed by atoms with van der Waals surface area (Å²) in [5.41, 5.74) is 17.7. The molecule has 0 radical (unpaired) electrons. The zero-order valence-electron chi connectivity index (χ0n) is 54.8. The van der Waals surface area contributed by atoms with Crippen molar-refractivity contribution in [3.05, 3.63) is 239 Å². The van der Waals surface area contributed by atoms with Crippen LogP contribution in [0, 0.1) is 17.8 Å². The van der Waals surface area contributed by atoms with Crippen LogP contribution < -0.4 is 0 Å². The quantitative estimate of drug-likeness (QED) is 0.0480. The highest BCUT2D eigenvalue weighted by atomic mass is 15.0. The molecule has 458 valence electrons. The lowest BCUT2D eigenvalue weighted by atomic mass is 9.97. The normalized spacial score (nSPS) is 13.5. The molecular formula is C88H91N3. The molecule has 3 aromatic heterocycles.